The predicted molar refractivity (Wildman–Crippen MR) is 143 cm³/mol. The van der Waals surface area contributed by atoms with Gasteiger partial charge >= 0.3 is 0 Å². The van der Waals surface area contributed by atoms with Gasteiger partial charge in [0.05, 0.1) is 18.4 Å². The van der Waals surface area contributed by atoms with E-state index in [1.54, 1.807) is 14.2 Å². The number of ether oxygens (including phenoxy) is 2. The van der Waals surface area contributed by atoms with Crippen molar-refractivity contribution in [3.63, 3.8) is 0 Å². The zero-order chi connectivity index (χ0) is 25.3. The number of nitrogens with one attached hydrogen (secondary N) is 2. The minimum atomic E-state index is -0.134. The molecule has 0 atom stereocenters. The molecule has 0 radical (unpaired) electrons. The van der Waals surface area contributed by atoms with Crippen LogP contribution in [0.4, 0.5) is 17.1 Å². The lowest BCUT2D eigenvalue weighted by Crippen LogP contribution is -2.47. The van der Waals surface area contributed by atoms with Crippen molar-refractivity contribution in [1.29, 1.82) is 0 Å². The molecule has 1 heterocycles. The van der Waals surface area contributed by atoms with Crippen LogP contribution < -0.4 is 25.2 Å². The normalized spacial score (nSPS) is 16.2. The van der Waals surface area contributed by atoms with Crippen LogP contribution >= 0.6 is 0 Å². The Kier molecular flexibility index (Phi) is 9.06. The number of carbonyl (C=O) groups excluding carboxylic acids is 2. The maximum atomic E-state index is 13.2. The lowest BCUT2D eigenvalue weighted by atomic mass is 10.1. The lowest BCUT2D eigenvalue weighted by molar-refractivity contribution is -0.119. The fraction of sp³-hybridized carbons (Fsp3) is 0.500. The van der Waals surface area contributed by atoms with Gasteiger partial charge in [-0.2, -0.15) is 0 Å². The number of piperazine rings is 1. The molecule has 0 spiro atoms. The van der Waals surface area contributed by atoms with Crippen LogP contribution in [0.5, 0.6) is 5.75 Å². The largest absolute Gasteiger partial charge is 0.495 e. The highest BCUT2D eigenvalue weighted by molar-refractivity contribution is 6.02. The maximum absolute atomic E-state index is 13.2. The first-order chi connectivity index (χ1) is 17.6. The number of hydrogen-bond acceptors (Lipinski definition) is 6. The molecule has 1 aliphatic heterocycles. The second-order valence-corrected chi connectivity index (χ2v) is 9.45. The molecule has 2 amide bonds. The van der Waals surface area contributed by atoms with Crippen LogP contribution in [0.15, 0.2) is 42.5 Å². The molecule has 4 rings (SSSR count). The van der Waals surface area contributed by atoms with E-state index in [4.69, 9.17) is 9.47 Å². The molecule has 0 aromatic heterocycles. The third-order valence-corrected chi connectivity index (χ3v) is 7.09. The number of para-hydroxylation sites is 2. The Balaban J connectivity index is 1.49. The Labute approximate surface area is 213 Å². The van der Waals surface area contributed by atoms with Gasteiger partial charge in [-0.1, -0.05) is 25.0 Å². The van der Waals surface area contributed by atoms with Crippen molar-refractivity contribution < 1.29 is 19.1 Å². The van der Waals surface area contributed by atoms with E-state index in [-0.39, 0.29) is 17.7 Å². The Hall–Kier alpha value is -3.26. The molecule has 1 saturated heterocycles. The SMILES string of the molecule is COCCCNC(=O)c1cc(NC(=O)C2CCCC2)ccc1N1CCN(c2ccccc2OC)CC1. The molecule has 8 heteroatoms. The first-order valence-corrected chi connectivity index (χ1v) is 13.0. The minimum Gasteiger partial charge on any atom is -0.495 e. The standard InChI is InChI=1S/C28H38N4O4/c1-35-19-7-14-29-28(34)23-20-22(30-27(33)21-8-3-4-9-21)12-13-24(23)31-15-17-32(18-16-31)25-10-5-6-11-26(25)36-2/h5-6,10-13,20-21H,3-4,7-9,14-19H2,1-2H3,(H,29,34)(H,30,33). The molecule has 0 bridgehead atoms. The average molecular weight is 495 g/mol. The van der Waals surface area contributed by atoms with E-state index < -0.39 is 0 Å². The van der Waals surface area contributed by atoms with Gasteiger partial charge in [-0.15, -0.1) is 0 Å². The number of amides is 2. The molecule has 2 aromatic rings. The molecule has 2 N–H and O–H groups in total. The van der Waals surface area contributed by atoms with E-state index >= 15 is 0 Å². The van der Waals surface area contributed by atoms with Crippen molar-refractivity contribution in [1.82, 2.24) is 5.32 Å². The van der Waals surface area contributed by atoms with Crippen LogP contribution in [0.3, 0.4) is 0 Å². The van der Waals surface area contributed by atoms with Crippen molar-refractivity contribution in [3.8, 4) is 5.75 Å². The first kappa shape index (κ1) is 25.8. The summed E-state index contributed by atoms with van der Waals surface area (Å²) in [6.07, 6.45) is 4.83. The molecule has 36 heavy (non-hydrogen) atoms. The van der Waals surface area contributed by atoms with Crippen molar-refractivity contribution in [2.75, 3.05) is 68.7 Å². The van der Waals surface area contributed by atoms with E-state index in [0.717, 1.165) is 75.4 Å². The van der Waals surface area contributed by atoms with Crippen molar-refractivity contribution >= 4 is 28.9 Å². The number of benzene rings is 2. The number of rotatable bonds is 10. The van der Waals surface area contributed by atoms with Crippen LogP contribution in [0.1, 0.15) is 42.5 Å². The molecule has 0 unspecified atom stereocenters. The van der Waals surface area contributed by atoms with Crippen molar-refractivity contribution in [3.05, 3.63) is 48.0 Å². The molecule has 2 aliphatic rings. The highest BCUT2D eigenvalue weighted by Gasteiger charge is 2.25. The van der Waals surface area contributed by atoms with Gasteiger partial charge in [0, 0.05) is 63.7 Å². The third-order valence-electron chi connectivity index (χ3n) is 7.09. The molecular formula is C28H38N4O4. The highest BCUT2D eigenvalue weighted by atomic mass is 16.5. The second-order valence-electron chi connectivity index (χ2n) is 9.45. The molecule has 8 nitrogen and oxygen atoms in total. The minimum absolute atomic E-state index is 0.0529. The fourth-order valence-electron chi connectivity index (χ4n) is 5.10. The van der Waals surface area contributed by atoms with Gasteiger partial charge in [0.2, 0.25) is 5.91 Å². The highest BCUT2D eigenvalue weighted by Crippen LogP contribution is 2.31. The van der Waals surface area contributed by atoms with Crippen molar-refractivity contribution in [2.45, 2.75) is 32.1 Å². The van der Waals surface area contributed by atoms with Crippen LogP contribution in [0.25, 0.3) is 0 Å². The predicted octanol–water partition coefficient (Wildman–Crippen LogP) is 3.92. The van der Waals surface area contributed by atoms with E-state index in [9.17, 15) is 9.59 Å². The van der Waals surface area contributed by atoms with Gasteiger partial charge in [-0.05, 0) is 49.6 Å². The topological polar surface area (TPSA) is 83.1 Å². The molecule has 2 aromatic carbocycles. The summed E-state index contributed by atoms with van der Waals surface area (Å²) in [7, 11) is 3.35. The number of carbonyl (C=O) groups is 2. The smallest absolute Gasteiger partial charge is 0.253 e. The van der Waals surface area contributed by atoms with Gasteiger partial charge in [0.1, 0.15) is 5.75 Å². The number of nitrogens with zero attached hydrogens (tertiary/aromatic N) is 2. The third kappa shape index (κ3) is 6.29. The van der Waals surface area contributed by atoms with E-state index in [1.165, 1.54) is 0 Å². The van der Waals surface area contributed by atoms with Crippen LogP contribution in [-0.4, -0.2) is 65.4 Å². The Morgan fingerprint density at radius 1 is 0.944 bits per heavy atom. The van der Waals surface area contributed by atoms with Gasteiger partial charge in [0.25, 0.3) is 5.91 Å². The Morgan fingerprint density at radius 3 is 2.33 bits per heavy atom. The number of anilines is 3. The molecular weight excluding hydrogens is 456 g/mol. The summed E-state index contributed by atoms with van der Waals surface area (Å²) in [5.74, 6) is 0.853. The summed E-state index contributed by atoms with van der Waals surface area (Å²) in [5.41, 5.74) is 3.23. The molecule has 1 aliphatic carbocycles. The van der Waals surface area contributed by atoms with Crippen LogP contribution in [-0.2, 0) is 9.53 Å². The summed E-state index contributed by atoms with van der Waals surface area (Å²) < 4.78 is 10.6. The molecule has 1 saturated carbocycles. The summed E-state index contributed by atoms with van der Waals surface area (Å²) in [5, 5.41) is 6.06. The summed E-state index contributed by atoms with van der Waals surface area (Å²) in [6, 6.07) is 13.8. The molecule has 194 valence electrons. The summed E-state index contributed by atoms with van der Waals surface area (Å²) >= 11 is 0. The van der Waals surface area contributed by atoms with Gasteiger partial charge < -0.3 is 29.9 Å². The van der Waals surface area contributed by atoms with Crippen LogP contribution in [0, 0.1) is 5.92 Å². The Bertz CT molecular complexity index is 1030. The number of methoxy groups -OCH3 is 2. The monoisotopic (exact) mass is 494 g/mol. The van der Waals surface area contributed by atoms with E-state index in [2.05, 4.69) is 26.5 Å². The fourth-order valence-corrected chi connectivity index (χ4v) is 5.10. The van der Waals surface area contributed by atoms with E-state index in [1.807, 2.05) is 36.4 Å². The quantitative estimate of drug-likeness (QED) is 0.487. The van der Waals surface area contributed by atoms with Gasteiger partial charge in [0.15, 0.2) is 0 Å². The van der Waals surface area contributed by atoms with Gasteiger partial charge in [-0.25, -0.2) is 0 Å². The van der Waals surface area contributed by atoms with Crippen LogP contribution in [0.2, 0.25) is 0 Å². The summed E-state index contributed by atoms with van der Waals surface area (Å²) in [4.78, 5) is 30.5. The number of hydrogen-bond donors (Lipinski definition) is 2. The maximum Gasteiger partial charge on any atom is 0.253 e. The zero-order valence-electron chi connectivity index (χ0n) is 21.4. The van der Waals surface area contributed by atoms with Crippen molar-refractivity contribution in [2.24, 2.45) is 5.92 Å². The Morgan fingerprint density at radius 2 is 1.64 bits per heavy atom. The lowest BCUT2D eigenvalue weighted by Gasteiger charge is -2.38. The average Bonchev–Trinajstić information content (AvgIpc) is 3.46. The first-order valence-electron chi connectivity index (χ1n) is 13.0. The van der Waals surface area contributed by atoms with E-state index in [0.29, 0.717) is 24.4 Å². The van der Waals surface area contributed by atoms with Gasteiger partial charge in [-0.3, -0.25) is 9.59 Å². The second kappa shape index (κ2) is 12.6. The molecule has 2 fully saturated rings. The summed E-state index contributed by atoms with van der Waals surface area (Å²) in [6.45, 7) is 4.30. The zero-order valence-corrected chi connectivity index (χ0v) is 21.4.